The van der Waals surface area contributed by atoms with E-state index in [1.807, 2.05) is 46.8 Å². The second kappa shape index (κ2) is 7.41. The molecule has 0 aliphatic carbocycles. The number of rotatable bonds is 7. The van der Waals surface area contributed by atoms with Gasteiger partial charge in [-0.1, -0.05) is 0 Å². The first kappa shape index (κ1) is 19.4. The van der Waals surface area contributed by atoms with Crippen LogP contribution in [-0.2, 0) is 4.57 Å². The summed E-state index contributed by atoms with van der Waals surface area (Å²) in [5, 5.41) is 0. The molecule has 0 spiro atoms. The fourth-order valence-electron chi connectivity index (χ4n) is 1.77. The predicted octanol–water partition coefficient (Wildman–Crippen LogP) is 3.50. The summed E-state index contributed by atoms with van der Waals surface area (Å²) in [5.74, 6) is 0. The highest BCUT2D eigenvalue weighted by atomic mass is 32.2. The van der Waals surface area contributed by atoms with Crippen molar-refractivity contribution >= 4 is 31.1 Å². The maximum Gasteiger partial charge on any atom is 0.309 e. The van der Waals surface area contributed by atoms with Crippen LogP contribution in [-0.4, -0.2) is 65.8 Å². The minimum atomic E-state index is -2.70. The Labute approximate surface area is 127 Å². The standard InChI is InChI=1S/C12H28N3OPS2/c1-11(10-12(2,18-8)19-9)15(7)17(16,13(3)4)14(5)6/h10H,1-9H3/b11-10-. The third-order valence-corrected chi connectivity index (χ3v) is 9.26. The van der Waals surface area contributed by atoms with Gasteiger partial charge in [-0.3, -0.25) is 4.57 Å². The molecule has 0 radical (unpaired) electrons. The van der Waals surface area contributed by atoms with Gasteiger partial charge in [-0.2, -0.15) is 0 Å². The summed E-state index contributed by atoms with van der Waals surface area (Å²) < 4.78 is 18.6. The molecular weight excluding hydrogens is 297 g/mol. The van der Waals surface area contributed by atoms with Crippen LogP contribution >= 0.6 is 31.1 Å². The summed E-state index contributed by atoms with van der Waals surface area (Å²) in [5.41, 5.74) is 1.02. The molecule has 0 bridgehead atoms. The maximum atomic E-state index is 13.1. The maximum absolute atomic E-state index is 13.1. The summed E-state index contributed by atoms with van der Waals surface area (Å²) >= 11 is 3.58. The SMILES string of the molecule is CSC(C)(/C=C(/C)N(C)P(=O)(N(C)C)N(C)C)SC. The van der Waals surface area contributed by atoms with Gasteiger partial charge in [-0.15, -0.1) is 23.5 Å². The molecule has 0 unspecified atom stereocenters. The topological polar surface area (TPSA) is 26.8 Å². The molecule has 0 aromatic rings. The van der Waals surface area contributed by atoms with Crippen LogP contribution in [0.2, 0.25) is 0 Å². The summed E-state index contributed by atoms with van der Waals surface area (Å²) in [7, 11) is 6.61. The summed E-state index contributed by atoms with van der Waals surface area (Å²) in [6, 6.07) is 0. The average molecular weight is 325 g/mol. The monoisotopic (exact) mass is 325 g/mol. The number of hydrogen-bond donors (Lipinski definition) is 0. The fourth-order valence-corrected chi connectivity index (χ4v) is 5.27. The van der Waals surface area contributed by atoms with Gasteiger partial charge in [0.05, 0.1) is 4.08 Å². The predicted molar refractivity (Wildman–Crippen MR) is 91.9 cm³/mol. The molecule has 0 aliphatic rings. The van der Waals surface area contributed by atoms with E-state index in [0.717, 1.165) is 5.70 Å². The van der Waals surface area contributed by atoms with E-state index >= 15 is 0 Å². The fraction of sp³-hybridized carbons (Fsp3) is 0.833. The molecule has 0 saturated heterocycles. The van der Waals surface area contributed by atoms with Crippen LogP contribution < -0.4 is 0 Å². The van der Waals surface area contributed by atoms with Crippen molar-refractivity contribution in [2.45, 2.75) is 17.9 Å². The van der Waals surface area contributed by atoms with E-state index in [-0.39, 0.29) is 4.08 Å². The van der Waals surface area contributed by atoms with Crippen molar-refractivity contribution in [3.05, 3.63) is 11.8 Å². The Hall–Kier alpha value is 0.390. The molecule has 114 valence electrons. The first-order valence-electron chi connectivity index (χ1n) is 6.04. The van der Waals surface area contributed by atoms with Crippen LogP contribution in [0, 0.1) is 0 Å². The number of thioether (sulfide) groups is 2. The average Bonchev–Trinajstić information content (AvgIpc) is 2.35. The lowest BCUT2D eigenvalue weighted by Crippen LogP contribution is -2.32. The van der Waals surface area contributed by atoms with Crippen molar-refractivity contribution in [2.24, 2.45) is 0 Å². The molecule has 0 amide bonds. The van der Waals surface area contributed by atoms with E-state index < -0.39 is 7.59 Å². The third kappa shape index (κ3) is 4.43. The van der Waals surface area contributed by atoms with Crippen LogP contribution in [0.5, 0.6) is 0 Å². The molecule has 0 aromatic heterocycles. The molecule has 4 nitrogen and oxygen atoms in total. The summed E-state index contributed by atoms with van der Waals surface area (Å²) in [6.45, 7) is 4.19. The number of allylic oxidation sites excluding steroid dienone is 1. The molecule has 7 heteroatoms. The van der Waals surface area contributed by atoms with Gasteiger partial charge in [0.2, 0.25) is 0 Å². The summed E-state index contributed by atoms with van der Waals surface area (Å²) in [4.78, 5) is 0. The normalized spacial score (nSPS) is 14.4. The second-order valence-corrected chi connectivity index (χ2v) is 10.9. The first-order valence-corrected chi connectivity index (χ1v) is 10.1. The first-order chi connectivity index (χ1) is 8.55. The number of nitrogens with zero attached hydrogens (tertiary/aromatic N) is 3. The van der Waals surface area contributed by atoms with E-state index in [4.69, 9.17) is 0 Å². The Morgan fingerprint density at radius 2 is 1.42 bits per heavy atom. The lowest BCUT2D eigenvalue weighted by Gasteiger charge is -2.39. The lowest BCUT2D eigenvalue weighted by molar-refractivity contribution is 0.386. The largest absolute Gasteiger partial charge is 0.309 e. The molecule has 0 aliphatic heterocycles. The Balaban J connectivity index is 5.46. The zero-order valence-electron chi connectivity index (χ0n) is 13.6. The second-order valence-electron chi connectivity index (χ2n) is 4.94. The van der Waals surface area contributed by atoms with Crippen molar-refractivity contribution in [3.63, 3.8) is 0 Å². The number of hydrogen-bond acceptors (Lipinski definition) is 3. The Bertz CT molecular complexity index is 356. The van der Waals surface area contributed by atoms with Crippen LogP contribution in [0.4, 0.5) is 0 Å². The highest BCUT2D eigenvalue weighted by molar-refractivity contribution is 8.17. The van der Waals surface area contributed by atoms with Gasteiger partial charge in [-0.05, 0) is 60.6 Å². The Morgan fingerprint density at radius 3 is 1.68 bits per heavy atom. The molecule has 0 fully saturated rings. The quantitative estimate of drug-likeness (QED) is 0.525. The Kier molecular flexibility index (Phi) is 7.57. The molecule has 0 heterocycles. The van der Waals surface area contributed by atoms with Crippen LogP contribution in [0.3, 0.4) is 0 Å². The molecule has 0 rings (SSSR count). The molecule has 0 N–H and O–H groups in total. The highest BCUT2D eigenvalue weighted by Gasteiger charge is 2.34. The van der Waals surface area contributed by atoms with Crippen molar-refractivity contribution in [1.82, 2.24) is 14.0 Å². The molecule has 19 heavy (non-hydrogen) atoms. The molecule has 0 saturated carbocycles. The van der Waals surface area contributed by atoms with E-state index in [0.29, 0.717) is 0 Å². The van der Waals surface area contributed by atoms with Crippen molar-refractivity contribution in [3.8, 4) is 0 Å². The Morgan fingerprint density at radius 1 is 1.05 bits per heavy atom. The van der Waals surface area contributed by atoms with E-state index in [2.05, 4.69) is 25.5 Å². The zero-order chi connectivity index (χ0) is 15.4. The molecule has 0 atom stereocenters. The van der Waals surface area contributed by atoms with Gasteiger partial charge in [0.15, 0.2) is 0 Å². The summed E-state index contributed by atoms with van der Waals surface area (Å²) in [6.07, 6.45) is 6.37. The van der Waals surface area contributed by atoms with Crippen LogP contribution in [0.1, 0.15) is 13.8 Å². The highest BCUT2D eigenvalue weighted by Crippen LogP contribution is 2.54. The van der Waals surface area contributed by atoms with E-state index in [9.17, 15) is 4.57 Å². The lowest BCUT2D eigenvalue weighted by atomic mass is 10.3. The van der Waals surface area contributed by atoms with E-state index in [1.54, 1.807) is 32.9 Å². The van der Waals surface area contributed by atoms with Crippen LogP contribution in [0.15, 0.2) is 11.8 Å². The molecular formula is C12H28N3OPS2. The van der Waals surface area contributed by atoms with Crippen LogP contribution in [0.25, 0.3) is 0 Å². The molecule has 0 aromatic carbocycles. The van der Waals surface area contributed by atoms with Crippen molar-refractivity contribution < 1.29 is 4.57 Å². The van der Waals surface area contributed by atoms with E-state index in [1.165, 1.54) is 0 Å². The van der Waals surface area contributed by atoms with Gasteiger partial charge in [0, 0.05) is 12.7 Å². The van der Waals surface area contributed by atoms with Crippen molar-refractivity contribution in [1.29, 1.82) is 0 Å². The minimum Gasteiger partial charge on any atom is -0.306 e. The zero-order valence-corrected chi connectivity index (χ0v) is 16.1. The van der Waals surface area contributed by atoms with Gasteiger partial charge < -0.3 is 4.67 Å². The van der Waals surface area contributed by atoms with Gasteiger partial charge in [-0.25, -0.2) is 9.34 Å². The third-order valence-electron chi connectivity index (χ3n) is 3.23. The van der Waals surface area contributed by atoms with Gasteiger partial charge >= 0.3 is 7.59 Å². The van der Waals surface area contributed by atoms with Crippen molar-refractivity contribution in [2.75, 3.05) is 47.7 Å². The van der Waals surface area contributed by atoms with Gasteiger partial charge in [0.1, 0.15) is 0 Å². The van der Waals surface area contributed by atoms with Gasteiger partial charge in [0.25, 0.3) is 0 Å². The smallest absolute Gasteiger partial charge is 0.306 e. The minimum absolute atomic E-state index is 0.00178.